The quantitative estimate of drug-likeness (QED) is 0.410. The highest BCUT2D eigenvalue weighted by atomic mass is 16.6. The Morgan fingerprint density at radius 3 is 2.41 bits per heavy atom. The van der Waals surface area contributed by atoms with Gasteiger partial charge in [-0.15, -0.1) is 0 Å². The van der Waals surface area contributed by atoms with Crippen LogP contribution in [0.25, 0.3) is 0 Å². The van der Waals surface area contributed by atoms with Crippen molar-refractivity contribution in [1.82, 2.24) is 0 Å². The van der Waals surface area contributed by atoms with Gasteiger partial charge in [0.15, 0.2) is 5.71 Å². The monoisotopic (exact) mass is 236 g/mol. The van der Waals surface area contributed by atoms with E-state index in [0.717, 1.165) is 12.0 Å². The van der Waals surface area contributed by atoms with Gasteiger partial charge in [0.1, 0.15) is 13.2 Å². The van der Waals surface area contributed by atoms with Crippen molar-refractivity contribution >= 4 is 5.71 Å². The van der Waals surface area contributed by atoms with E-state index < -0.39 is 0 Å². The maximum atomic E-state index is 8.85. The highest BCUT2D eigenvalue weighted by Gasteiger charge is 2.02. The minimum Gasteiger partial charge on any atom is -0.398 e. The minimum atomic E-state index is 0.305. The molecule has 0 saturated heterocycles. The van der Waals surface area contributed by atoms with Gasteiger partial charge in [0.25, 0.3) is 0 Å². The number of nitriles is 1. The van der Waals surface area contributed by atoms with E-state index in [0.29, 0.717) is 11.6 Å². The molecule has 1 atom stereocenters. The van der Waals surface area contributed by atoms with Gasteiger partial charge in [-0.05, 0) is 12.8 Å². The number of oxime groups is 1. The van der Waals surface area contributed by atoms with Crippen molar-refractivity contribution in [2.45, 2.75) is 41.0 Å². The smallest absolute Gasteiger partial charge is 0.186 e. The van der Waals surface area contributed by atoms with E-state index >= 15 is 0 Å². The van der Waals surface area contributed by atoms with E-state index in [9.17, 15) is 0 Å². The first kappa shape index (κ1) is 17.8. The Bertz CT molecular complexity index is 309. The van der Waals surface area contributed by atoms with Gasteiger partial charge in [-0.25, -0.2) is 0 Å². The van der Waals surface area contributed by atoms with Crippen LogP contribution in [0.3, 0.4) is 0 Å². The molecule has 17 heavy (non-hydrogen) atoms. The third kappa shape index (κ3) is 8.27. The Labute approximate surface area is 105 Å². The lowest BCUT2D eigenvalue weighted by molar-refractivity contribution is 0.214. The molecule has 0 rings (SSSR count). The molecule has 0 N–H and O–H groups in total. The van der Waals surface area contributed by atoms with Crippen molar-refractivity contribution in [2.24, 2.45) is 11.1 Å². The summed E-state index contributed by atoms with van der Waals surface area (Å²) in [5.41, 5.74) is 1.10. The third-order valence-electron chi connectivity index (χ3n) is 2.12. The van der Waals surface area contributed by atoms with Crippen LogP contribution in [-0.4, -0.2) is 12.8 Å². The van der Waals surface area contributed by atoms with Crippen LogP contribution in [0.1, 0.15) is 41.0 Å². The van der Waals surface area contributed by atoms with Crippen molar-refractivity contribution < 1.29 is 4.84 Å². The van der Waals surface area contributed by atoms with E-state index in [1.807, 2.05) is 39.0 Å². The second-order valence-corrected chi connectivity index (χ2v) is 3.22. The Hall–Kier alpha value is -1.56. The van der Waals surface area contributed by atoms with Crippen LogP contribution in [0.4, 0.5) is 0 Å². The lowest BCUT2D eigenvalue weighted by Gasteiger charge is -2.01. The minimum absolute atomic E-state index is 0.305. The SMILES string of the molecule is C/C=C(\C=C/C(C)CC)C(/C#N)=N/OC.CC. The molecule has 0 spiro atoms. The molecule has 96 valence electrons. The highest BCUT2D eigenvalue weighted by Crippen LogP contribution is 2.07. The van der Waals surface area contributed by atoms with E-state index in [2.05, 4.69) is 29.9 Å². The molecule has 0 fully saturated rings. The first-order valence-corrected chi connectivity index (χ1v) is 6.05. The summed E-state index contributed by atoms with van der Waals surface area (Å²) in [7, 11) is 1.43. The largest absolute Gasteiger partial charge is 0.398 e. The summed E-state index contributed by atoms with van der Waals surface area (Å²) < 4.78 is 0. The van der Waals surface area contributed by atoms with Crippen molar-refractivity contribution in [1.29, 1.82) is 5.26 Å². The molecule has 1 unspecified atom stereocenters. The lowest BCUT2D eigenvalue weighted by atomic mass is 10.1. The van der Waals surface area contributed by atoms with Crippen molar-refractivity contribution in [3.63, 3.8) is 0 Å². The summed E-state index contributed by atoms with van der Waals surface area (Å²) in [6.07, 6.45) is 6.91. The van der Waals surface area contributed by atoms with Crippen LogP contribution in [0.2, 0.25) is 0 Å². The summed E-state index contributed by atoms with van der Waals surface area (Å²) in [6, 6.07) is 2.00. The zero-order valence-corrected chi connectivity index (χ0v) is 11.8. The van der Waals surface area contributed by atoms with Crippen molar-refractivity contribution in [2.75, 3.05) is 7.11 Å². The predicted molar refractivity (Wildman–Crippen MR) is 73.8 cm³/mol. The molecule has 0 heterocycles. The van der Waals surface area contributed by atoms with Gasteiger partial charge in [-0.3, -0.25) is 0 Å². The van der Waals surface area contributed by atoms with Gasteiger partial charge in [-0.2, -0.15) is 5.26 Å². The molecule has 0 aliphatic heterocycles. The number of hydrogen-bond donors (Lipinski definition) is 0. The fourth-order valence-corrected chi connectivity index (χ4v) is 0.945. The molecular formula is C14H24N2O. The molecule has 0 aromatic carbocycles. The molecule has 0 aromatic heterocycles. The zero-order chi connectivity index (χ0) is 13.7. The Kier molecular flexibility index (Phi) is 13.1. The third-order valence-corrected chi connectivity index (χ3v) is 2.12. The van der Waals surface area contributed by atoms with Gasteiger partial charge in [0.2, 0.25) is 0 Å². The average molecular weight is 236 g/mol. The highest BCUT2D eigenvalue weighted by molar-refractivity contribution is 6.12. The van der Waals surface area contributed by atoms with Crippen LogP contribution < -0.4 is 0 Å². The second kappa shape index (κ2) is 12.5. The zero-order valence-electron chi connectivity index (χ0n) is 11.8. The van der Waals surface area contributed by atoms with Gasteiger partial charge < -0.3 is 4.84 Å². The molecular weight excluding hydrogens is 212 g/mol. The maximum Gasteiger partial charge on any atom is 0.186 e. The van der Waals surface area contributed by atoms with Crippen LogP contribution in [0, 0.1) is 17.2 Å². The van der Waals surface area contributed by atoms with E-state index in [-0.39, 0.29) is 0 Å². The van der Waals surface area contributed by atoms with Crippen LogP contribution in [-0.2, 0) is 4.84 Å². The molecule has 0 bridgehead atoms. The van der Waals surface area contributed by atoms with Crippen molar-refractivity contribution in [3.8, 4) is 6.07 Å². The molecule has 3 heteroatoms. The van der Waals surface area contributed by atoms with Crippen LogP contribution in [0.15, 0.2) is 29.0 Å². The molecule has 0 amide bonds. The number of hydrogen-bond acceptors (Lipinski definition) is 3. The summed E-state index contributed by atoms with van der Waals surface area (Å²) in [5, 5.41) is 12.5. The van der Waals surface area contributed by atoms with Gasteiger partial charge >= 0.3 is 0 Å². The summed E-state index contributed by atoms with van der Waals surface area (Å²) in [6.45, 7) is 10.1. The molecule has 0 aliphatic rings. The first-order valence-electron chi connectivity index (χ1n) is 6.05. The average Bonchev–Trinajstić information content (AvgIpc) is 2.39. The standard InChI is InChI=1S/C12H18N2O.C2H6/c1-5-10(3)7-8-11(6-2)12(9-13)14-15-4;1-2/h6-8,10H,5H2,1-4H3;1-2H3/b8-7-,11-6+,14-12+;. The summed E-state index contributed by atoms with van der Waals surface area (Å²) >= 11 is 0. The lowest BCUT2D eigenvalue weighted by Crippen LogP contribution is -1.98. The fourth-order valence-electron chi connectivity index (χ4n) is 0.945. The van der Waals surface area contributed by atoms with E-state index in [4.69, 9.17) is 5.26 Å². The Morgan fingerprint density at radius 2 is 2.06 bits per heavy atom. The molecule has 0 saturated carbocycles. The van der Waals surface area contributed by atoms with E-state index in [1.54, 1.807) is 0 Å². The fraction of sp³-hybridized carbons (Fsp3) is 0.571. The van der Waals surface area contributed by atoms with Gasteiger partial charge in [-0.1, -0.05) is 57.5 Å². The molecule has 0 aromatic rings. The maximum absolute atomic E-state index is 8.85. The van der Waals surface area contributed by atoms with Crippen LogP contribution >= 0.6 is 0 Å². The topological polar surface area (TPSA) is 45.4 Å². The number of allylic oxidation sites excluding steroid dienone is 4. The second-order valence-electron chi connectivity index (χ2n) is 3.22. The molecule has 3 nitrogen and oxygen atoms in total. The van der Waals surface area contributed by atoms with Gasteiger partial charge in [0.05, 0.1) is 0 Å². The Balaban J connectivity index is 0. The number of nitrogens with zero attached hydrogens (tertiary/aromatic N) is 2. The normalized spacial score (nSPS) is 13.7. The molecule has 0 radical (unpaired) electrons. The van der Waals surface area contributed by atoms with Gasteiger partial charge in [0, 0.05) is 5.57 Å². The summed E-state index contributed by atoms with van der Waals surface area (Å²) in [4.78, 5) is 4.60. The summed E-state index contributed by atoms with van der Waals surface area (Å²) in [5.74, 6) is 0.502. The van der Waals surface area contributed by atoms with Crippen LogP contribution in [0.5, 0.6) is 0 Å². The van der Waals surface area contributed by atoms with E-state index in [1.165, 1.54) is 7.11 Å². The molecule has 0 aliphatic carbocycles. The predicted octanol–water partition coefficient (Wildman–Crippen LogP) is 4.09. The van der Waals surface area contributed by atoms with Crippen molar-refractivity contribution in [3.05, 3.63) is 23.8 Å². The number of rotatable bonds is 5. The first-order chi connectivity index (χ1) is 8.19. The Morgan fingerprint density at radius 1 is 1.47 bits per heavy atom.